The first-order valence-corrected chi connectivity index (χ1v) is 15.3. The lowest BCUT2D eigenvalue weighted by Gasteiger charge is -2.27. The van der Waals surface area contributed by atoms with Crippen LogP contribution in [0.3, 0.4) is 0 Å². The van der Waals surface area contributed by atoms with Crippen LogP contribution in [0.15, 0.2) is 91.0 Å². The standard InChI is InChI=1S/C38H46N2O2/c1-25(29-13-12-26-10-8-9-11-30(26)22-29)40-36(41)42-33-23-34(39-24-33)35(27-14-18-31(19-15-27)37(2,3)4)28-16-20-32(21-17-28)38(5,6)7/h8-22,25,33-35,39H,23-24H2,1-7H3,(H,40,41)/t25-,33-,34-/m1/s1. The molecule has 220 valence electrons. The minimum atomic E-state index is -0.372. The molecule has 4 heteroatoms. The molecule has 0 aromatic heterocycles. The molecule has 4 aromatic carbocycles. The fourth-order valence-electron chi connectivity index (χ4n) is 6.04. The molecule has 0 aliphatic carbocycles. The van der Waals surface area contributed by atoms with Gasteiger partial charge in [0, 0.05) is 24.9 Å². The molecular formula is C38H46N2O2. The molecule has 0 spiro atoms. The molecule has 1 saturated heterocycles. The lowest BCUT2D eigenvalue weighted by Crippen LogP contribution is -2.31. The van der Waals surface area contributed by atoms with Crippen LogP contribution in [0.4, 0.5) is 4.79 Å². The Morgan fingerprint density at radius 3 is 1.83 bits per heavy atom. The van der Waals surface area contributed by atoms with E-state index in [1.807, 2.05) is 19.1 Å². The van der Waals surface area contributed by atoms with E-state index in [0.717, 1.165) is 17.4 Å². The van der Waals surface area contributed by atoms with Gasteiger partial charge in [-0.05, 0) is 62.4 Å². The van der Waals surface area contributed by atoms with Crippen molar-refractivity contribution in [3.63, 3.8) is 0 Å². The topological polar surface area (TPSA) is 50.4 Å². The van der Waals surface area contributed by atoms with Crippen LogP contribution >= 0.6 is 0 Å². The summed E-state index contributed by atoms with van der Waals surface area (Å²) in [5, 5.41) is 9.10. The van der Waals surface area contributed by atoms with Crippen LogP contribution in [0.2, 0.25) is 0 Å². The Labute approximate surface area is 251 Å². The van der Waals surface area contributed by atoms with E-state index in [9.17, 15) is 4.79 Å². The SMILES string of the molecule is C[C@@H](NC(=O)O[C@H]1CN[C@@H](C(c2ccc(C(C)(C)C)cc2)c2ccc(C(C)(C)C)cc2)C1)c1ccc2ccccc2c1. The zero-order valence-electron chi connectivity index (χ0n) is 26.2. The van der Waals surface area contributed by atoms with E-state index >= 15 is 0 Å². The third-order valence-corrected chi connectivity index (χ3v) is 8.68. The van der Waals surface area contributed by atoms with E-state index in [1.54, 1.807) is 0 Å². The Morgan fingerprint density at radius 1 is 0.762 bits per heavy atom. The van der Waals surface area contributed by atoms with Gasteiger partial charge >= 0.3 is 6.09 Å². The highest BCUT2D eigenvalue weighted by Crippen LogP contribution is 2.35. The van der Waals surface area contributed by atoms with Gasteiger partial charge in [-0.15, -0.1) is 0 Å². The van der Waals surface area contributed by atoms with E-state index in [-0.39, 0.29) is 41.0 Å². The fourth-order valence-corrected chi connectivity index (χ4v) is 6.04. The van der Waals surface area contributed by atoms with E-state index in [4.69, 9.17) is 4.74 Å². The molecule has 0 saturated carbocycles. The predicted octanol–water partition coefficient (Wildman–Crippen LogP) is 8.78. The molecule has 5 rings (SSSR count). The molecule has 4 aromatic rings. The number of nitrogens with one attached hydrogen (secondary N) is 2. The minimum absolute atomic E-state index is 0.101. The van der Waals surface area contributed by atoms with Gasteiger partial charge in [0.05, 0.1) is 6.04 Å². The lowest BCUT2D eigenvalue weighted by molar-refractivity contribution is 0.103. The summed E-state index contributed by atoms with van der Waals surface area (Å²) in [6, 6.07) is 32.7. The van der Waals surface area contributed by atoms with Gasteiger partial charge in [-0.3, -0.25) is 0 Å². The summed E-state index contributed by atoms with van der Waals surface area (Å²) in [5.74, 6) is 0.154. The van der Waals surface area contributed by atoms with Gasteiger partial charge < -0.3 is 15.4 Å². The average Bonchev–Trinajstić information content (AvgIpc) is 3.40. The molecule has 2 N–H and O–H groups in total. The van der Waals surface area contributed by atoms with Gasteiger partial charge in [0.2, 0.25) is 0 Å². The molecule has 1 heterocycles. The third-order valence-electron chi connectivity index (χ3n) is 8.68. The van der Waals surface area contributed by atoms with E-state index in [0.29, 0.717) is 6.54 Å². The number of hydrogen-bond acceptors (Lipinski definition) is 3. The molecule has 0 radical (unpaired) electrons. The van der Waals surface area contributed by atoms with Crippen LogP contribution in [0, 0.1) is 0 Å². The highest BCUT2D eigenvalue weighted by Gasteiger charge is 2.35. The Hall–Kier alpha value is -3.63. The summed E-state index contributed by atoms with van der Waals surface area (Å²) >= 11 is 0. The summed E-state index contributed by atoms with van der Waals surface area (Å²) in [6.45, 7) is 16.1. The minimum Gasteiger partial charge on any atom is -0.445 e. The summed E-state index contributed by atoms with van der Waals surface area (Å²) in [4.78, 5) is 13.0. The zero-order chi connectivity index (χ0) is 30.1. The van der Waals surface area contributed by atoms with Crippen molar-refractivity contribution >= 4 is 16.9 Å². The van der Waals surface area contributed by atoms with Crippen molar-refractivity contribution in [2.24, 2.45) is 0 Å². The second kappa shape index (κ2) is 11.9. The zero-order valence-corrected chi connectivity index (χ0v) is 26.2. The van der Waals surface area contributed by atoms with Crippen molar-refractivity contribution < 1.29 is 9.53 Å². The highest BCUT2D eigenvalue weighted by atomic mass is 16.6. The van der Waals surface area contributed by atoms with Gasteiger partial charge in [-0.2, -0.15) is 0 Å². The van der Waals surface area contributed by atoms with Crippen molar-refractivity contribution in [1.29, 1.82) is 0 Å². The number of alkyl carbamates (subject to hydrolysis) is 1. The first kappa shape index (κ1) is 29.8. The van der Waals surface area contributed by atoms with Crippen molar-refractivity contribution in [3.05, 3.63) is 119 Å². The molecular weight excluding hydrogens is 516 g/mol. The first-order chi connectivity index (χ1) is 19.9. The Bertz CT molecular complexity index is 1450. The van der Waals surface area contributed by atoms with Gasteiger partial charge in [0.1, 0.15) is 6.10 Å². The Balaban J connectivity index is 1.29. The Kier molecular flexibility index (Phi) is 8.48. The summed E-state index contributed by atoms with van der Waals surface area (Å²) in [6.07, 6.45) is 0.192. The molecule has 42 heavy (non-hydrogen) atoms. The van der Waals surface area contributed by atoms with Crippen LogP contribution in [0.5, 0.6) is 0 Å². The summed E-state index contributed by atoms with van der Waals surface area (Å²) in [7, 11) is 0. The van der Waals surface area contributed by atoms with Crippen LogP contribution in [0.1, 0.15) is 94.7 Å². The van der Waals surface area contributed by atoms with E-state index < -0.39 is 0 Å². The molecule has 4 nitrogen and oxygen atoms in total. The maximum Gasteiger partial charge on any atom is 0.407 e. The third kappa shape index (κ3) is 6.87. The van der Waals surface area contributed by atoms with Gasteiger partial charge in [-0.1, -0.05) is 126 Å². The van der Waals surface area contributed by atoms with Gasteiger partial charge in [0.25, 0.3) is 0 Å². The van der Waals surface area contributed by atoms with Crippen LogP contribution in [-0.4, -0.2) is 24.8 Å². The smallest absolute Gasteiger partial charge is 0.407 e. The number of amides is 1. The number of carbonyl (C=O) groups excluding carboxylic acids is 1. The van der Waals surface area contributed by atoms with Crippen LogP contribution in [0.25, 0.3) is 10.8 Å². The van der Waals surface area contributed by atoms with Crippen LogP contribution < -0.4 is 10.6 Å². The van der Waals surface area contributed by atoms with Gasteiger partial charge in [-0.25, -0.2) is 4.79 Å². The number of ether oxygens (including phenoxy) is 1. The number of benzene rings is 4. The maximum atomic E-state index is 13.0. The van der Waals surface area contributed by atoms with Gasteiger partial charge in [0.15, 0.2) is 0 Å². The molecule has 0 bridgehead atoms. The molecule has 1 aliphatic heterocycles. The number of rotatable bonds is 6. The lowest BCUT2D eigenvalue weighted by atomic mass is 9.80. The molecule has 1 aliphatic rings. The highest BCUT2D eigenvalue weighted by molar-refractivity contribution is 5.83. The predicted molar refractivity (Wildman–Crippen MR) is 174 cm³/mol. The normalized spacial score (nSPS) is 18.3. The number of fused-ring (bicyclic) bond motifs is 1. The van der Waals surface area contributed by atoms with Crippen molar-refractivity contribution in [2.45, 2.75) is 89.8 Å². The second-order valence-electron chi connectivity index (χ2n) is 14.0. The molecule has 1 amide bonds. The first-order valence-electron chi connectivity index (χ1n) is 15.3. The molecule has 3 atom stereocenters. The number of hydrogen-bond donors (Lipinski definition) is 2. The average molecular weight is 563 g/mol. The molecule has 1 fully saturated rings. The monoisotopic (exact) mass is 562 g/mol. The fraction of sp³-hybridized carbons (Fsp3) is 0.395. The maximum absolute atomic E-state index is 13.0. The van der Waals surface area contributed by atoms with Crippen molar-refractivity contribution in [3.8, 4) is 0 Å². The molecule has 0 unspecified atom stereocenters. The van der Waals surface area contributed by atoms with E-state index in [1.165, 1.54) is 27.6 Å². The van der Waals surface area contributed by atoms with E-state index in [2.05, 4.69) is 131 Å². The number of carbonyl (C=O) groups is 1. The Morgan fingerprint density at radius 2 is 1.29 bits per heavy atom. The summed E-state index contributed by atoms with van der Waals surface area (Å²) in [5.41, 5.74) is 6.47. The largest absolute Gasteiger partial charge is 0.445 e. The quantitative estimate of drug-likeness (QED) is 0.247. The second-order valence-corrected chi connectivity index (χ2v) is 14.0. The van der Waals surface area contributed by atoms with Crippen molar-refractivity contribution in [1.82, 2.24) is 10.6 Å². The van der Waals surface area contributed by atoms with Crippen LogP contribution in [-0.2, 0) is 15.6 Å². The van der Waals surface area contributed by atoms with Crippen molar-refractivity contribution in [2.75, 3.05) is 6.54 Å². The summed E-state index contributed by atoms with van der Waals surface area (Å²) < 4.78 is 5.96.